The average molecular weight is 294 g/mol. The van der Waals surface area contributed by atoms with Crippen LogP contribution in [0.5, 0.6) is 5.75 Å². The van der Waals surface area contributed by atoms with Crippen molar-refractivity contribution in [3.8, 4) is 11.8 Å². The molecule has 0 bridgehead atoms. The van der Waals surface area contributed by atoms with E-state index in [0.29, 0.717) is 17.9 Å². The second kappa shape index (κ2) is 5.74. The quantitative estimate of drug-likeness (QED) is 0.621. The molecule has 1 aromatic carbocycles. The minimum Gasteiger partial charge on any atom is -0.488 e. The van der Waals surface area contributed by atoms with Crippen LogP contribution in [0.1, 0.15) is 18.6 Å². The van der Waals surface area contributed by atoms with Crippen LogP contribution < -0.4 is 4.74 Å². The molecule has 0 saturated heterocycles. The van der Waals surface area contributed by atoms with E-state index in [4.69, 9.17) is 14.4 Å². The van der Waals surface area contributed by atoms with Crippen molar-refractivity contribution in [2.24, 2.45) is 0 Å². The molecule has 0 fully saturated rings. The smallest absolute Gasteiger partial charge is 0.246 e. The average Bonchev–Trinajstić information content (AvgIpc) is 2.73. The molecule has 0 aliphatic carbocycles. The van der Waals surface area contributed by atoms with E-state index < -0.39 is 0 Å². The van der Waals surface area contributed by atoms with Crippen LogP contribution in [0.25, 0.3) is 11.0 Å². The number of benzene rings is 1. The van der Waals surface area contributed by atoms with E-state index in [1.165, 1.54) is 0 Å². The van der Waals surface area contributed by atoms with Crippen molar-refractivity contribution < 1.29 is 9.15 Å². The van der Waals surface area contributed by atoms with Crippen molar-refractivity contribution in [2.45, 2.75) is 12.8 Å². The standard InChI is InChI=1S/C13H12BrNO2/c14-7-3-4-8-16-13-10-5-1-2-6-11(10)17-12(13)9-15/h1-2,5-6H,3-4,7-8H2. The molecule has 1 heterocycles. The number of hydrogen-bond donors (Lipinski definition) is 0. The van der Waals surface area contributed by atoms with Crippen molar-refractivity contribution >= 4 is 26.9 Å². The molecule has 17 heavy (non-hydrogen) atoms. The zero-order valence-corrected chi connectivity index (χ0v) is 10.9. The summed E-state index contributed by atoms with van der Waals surface area (Å²) in [6.45, 7) is 0.601. The summed E-state index contributed by atoms with van der Waals surface area (Å²) in [6, 6.07) is 9.55. The van der Waals surface area contributed by atoms with E-state index in [2.05, 4.69) is 15.9 Å². The molecule has 0 amide bonds. The van der Waals surface area contributed by atoms with E-state index in [-0.39, 0.29) is 5.76 Å². The van der Waals surface area contributed by atoms with E-state index in [9.17, 15) is 0 Å². The lowest BCUT2D eigenvalue weighted by atomic mass is 10.2. The number of para-hydroxylation sites is 1. The molecule has 0 saturated carbocycles. The fraction of sp³-hybridized carbons (Fsp3) is 0.308. The second-order valence-electron chi connectivity index (χ2n) is 3.61. The van der Waals surface area contributed by atoms with Gasteiger partial charge in [-0.05, 0) is 25.0 Å². The Hall–Kier alpha value is -1.47. The number of halogens is 1. The lowest BCUT2D eigenvalue weighted by Crippen LogP contribution is -1.98. The first-order chi connectivity index (χ1) is 8.36. The van der Waals surface area contributed by atoms with Crippen molar-refractivity contribution in [3.63, 3.8) is 0 Å². The molecule has 1 aromatic heterocycles. The number of nitriles is 1. The number of unbranched alkanes of at least 4 members (excludes halogenated alkanes) is 1. The van der Waals surface area contributed by atoms with Gasteiger partial charge in [-0.15, -0.1) is 0 Å². The third-order valence-corrected chi connectivity index (χ3v) is 2.99. The predicted octanol–water partition coefficient (Wildman–Crippen LogP) is 3.86. The first-order valence-electron chi connectivity index (χ1n) is 5.47. The van der Waals surface area contributed by atoms with Crippen LogP contribution in [0.4, 0.5) is 0 Å². The van der Waals surface area contributed by atoms with Gasteiger partial charge in [0.05, 0.1) is 12.0 Å². The van der Waals surface area contributed by atoms with Crippen LogP contribution in [-0.2, 0) is 0 Å². The number of ether oxygens (including phenoxy) is 1. The highest BCUT2D eigenvalue weighted by atomic mass is 79.9. The summed E-state index contributed by atoms with van der Waals surface area (Å²) < 4.78 is 11.1. The molecular weight excluding hydrogens is 282 g/mol. The summed E-state index contributed by atoms with van der Waals surface area (Å²) in [5, 5.41) is 10.8. The Bertz CT molecular complexity index is 542. The van der Waals surface area contributed by atoms with Crippen molar-refractivity contribution in [3.05, 3.63) is 30.0 Å². The van der Waals surface area contributed by atoms with E-state index in [0.717, 1.165) is 23.6 Å². The third kappa shape index (κ3) is 2.62. The molecule has 0 atom stereocenters. The summed E-state index contributed by atoms with van der Waals surface area (Å²) in [6.07, 6.45) is 2.01. The zero-order valence-electron chi connectivity index (χ0n) is 9.28. The van der Waals surface area contributed by atoms with Gasteiger partial charge < -0.3 is 9.15 Å². The van der Waals surface area contributed by atoms with Gasteiger partial charge in [-0.25, -0.2) is 0 Å². The maximum absolute atomic E-state index is 8.99. The molecule has 0 radical (unpaired) electrons. The van der Waals surface area contributed by atoms with Crippen molar-refractivity contribution in [1.29, 1.82) is 5.26 Å². The predicted molar refractivity (Wildman–Crippen MR) is 69.5 cm³/mol. The Morgan fingerprint density at radius 2 is 2.12 bits per heavy atom. The molecule has 0 N–H and O–H groups in total. The van der Waals surface area contributed by atoms with Crippen molar-refractivity contribution in [2.75, 3.05) is 11.9 Å². The second-order valence-corrected chi connectivity index (χ2v) is 4.41. The normalized spacial score (nSPS) is 10.4. The topological polar surface area (TPSA) is 46.2 Å². The van der Waals surface area contributed by atoms with Gasteiger partial charge in [0.15, 0.2) is 5.75 Å². The molecule has 4 heteroatoms. The molecule has 88 valence electrons. The molecule has 0 aliphatic heterocycles. The summed E-state index contributed by atoms with van der Waals surface area (Å²) in [4.78, 5) is 0. The highest BCUT2D eigenvalue weighted by Gasteiger charge is 2.14. The van der Waals surface area contributed by atoms with Crippen LogP contribution in [0.15, 0.2) is 28.7 Å². The maximum atomic E-state index is 8.99. The summed E-state index contributed by atoms with van der Waals surface area (Å²) >= 11 is 3.37. The van der Waals surface area contributed by atoms with Gasteiger partial charge in [-0.2, -0.15) is 5.26 Å². The monoisotopic (exact) mass is 293 g/mol. The molecule has 0 spiro atoms. The highest BCUT2D eigenvalue weighted by molar-refractivity contribution is 9.09. The Balaban J connectivity index is 2.22. The number of alkyl halides is 1. The largest absolute Gasteiger partial charge is 0.488 e. The number of furan rings is 1. The fourth-order valence-electron chi connectivity index (χ4n) is 1.61. The molecule has 2 aromatic rings. The number of rotatable bonds is 5. The van der Waals surface area contributed by atoms with Gasteiger partial charge in [0.2, 0.25) is 5.76 Å². The highest BCUT2D eigenvalue weighted by Crippen LogP contribution is 2.32. The van der Waals surface area contributed by atoms with Gasteiger partial charge in [0.1, 0.15) is 11.7 Å². The molecule has 0 aliphatic rings. The van der Waals surface area contributed by atoms with Crippen LogP contribution in [0, 0.1) is 11.3 Å². The first-order valence-corrected chi connectivity index (χ1v) is 6.59. The van der Waals surface area contributed by atoms with E-state index in [1.807, 2.05) is 30.3 Å². The Kier molecular flexibility index (Phi) is 4.05. The maximum Gasteiger partial charge on any atom is 0.246 e. The summed E-state index contributed by atoms with van der Waals surface area (Å²) in [7, 11) is 0. The van der Waals surface area contributed by atoms with E-state index >= 15 is 0 Å². The molecule has 0 unspecified atom stereocenters. The lowest BCUT2D eigenvalue weighted by molar-refractivity contribution is 0.307. The van der Waals surface area contributed by atoms with Gasteiger partial charge in [-0.3, -0.25) is 0 Å². The Morgan fingerprint density at radius 1 is 1.29 bits per heavy atom. The van der Waals surface area contributed by atoms with Gasteiger partial charge in [-0.1, -0.05) is 28.1 Å². The van der Waals surface area contributed by atoms with Crippen LogP contribution in [-0.4, -0.2) is 11.9 Å². The third-order valence-electron chi connectivity index (χ3n) is 2.43. The Morgan fingerprint density at radius 3 is 2.88 bits per heavy atom. The van der Waals surface area contributed by atoms with E-state index in [1.54, 1.807) is 0 Å². The lowest BCUT2D eigenvalue weighted by Gasteiger charge is -2.03. The minimum atomic E-state index is 0.255. The summed E-state index contributed by atoms with van der Waals surface area (Å²) in [5.74, 6) is 0.822. The van der Waals surface area contributed by atoms with Crippen LogP contribution >= 0.6 is 15.9 Å². The fourth-order valence-corrected chi connectivity index (χ4v) is 2.01. The van der Waals surface area contributed by atoms with Crippen LogP contribution in [0.3, 0.4) is 0 Å². The first kappa shape index (κ1) is 12.0. The number of nitrogens with zero attached hydrogens (tertiary/aromatic N) is 1. The van der Waals surface area contributed by atoms with Gasteiger partial charge in [0, 0.05) is 5.33 Å². The molecular formula is C13H12BrNO2. The van der Waals surface area contributed by atoms with Gasteiger partial charge in [0.25, 0.3) is 0 Å². The minimum absolute atomic E-state index is 0.255. The molecule has 3 nitrogen and oxygen atoms in total. The number of hydrogen-bond acceptors (Lipinski definition) is 3. The van der Waals surface area contributed by atoms with Crippen molar-refractivity contribution in [1.82, 2.24) is 0 Å². The SMILES string of the molecule is N#Cc1oc2ccccc2c1OCCCCBr. The number of fused-ring (bicyclic) bond motifs is 1. The van der Waals surface area contributed by atoms with Gasteiger partial charge >= 0.3 is 0 Å². The van der Waals surface area contributed by atoms with Crippen LogP contribution in [0.2, 0.25) is 0 Å². The molecule has 2 rings (SSSR count). The summed E-state index contributed by atoms with van der Waals surface area (Å²) in [5.41, 5.74) is 0.694. The zero-order chi connectivity index (χ0) is 12.1. The Labute approximate surface area is 108 Å².